The molecule has 0 fully saturated rings. The molecule has 0 saturated carbocycles. The van der Waals surface area contributed by atoms with Crippen molar-refractivity contribution in [2.24, 2.45) is 0 Å². The molecular weight excluding hydrogens is 158 g/mol. The number of nitrogens with zero attached hydrogens (tertiary/aromatic N) is 1. The SMILES string of the molecule is [2H]C([2H])(OC(C)C)c1cnc(C)s1. The van der Waals surface area contributed by atoms with E-state index in [9.17, 15) is 0 Å². The summed E-state index contributed by atoms with van der Waals surface area (Å²) in [6.07, 6.45) is 1.40. The van der Waals surface area contributed by atoms with Crippen molar-refractivity contribution in [3.8, 4) is 0 Å². The summed E-state index contributed by atoms with van der Waals surface area (Å²) in [5, 5.41) is 0.853. The number of aromatic nitrogens is 1. The van der Waals surface area contributed by atoms with Gasteiger partial charge in [-0.05, 0) is 20.8 Å². The van der Waals surface area contributed by atoms with E-state index in [1.807, 2.05) is 20.8 Å². The maximum Gasteiger partial charge on any atom is 0.0897 e. The number of hydrogen-bond acceptors (Lipinski definition) is 3. The van der Waals surface area contributed by atoms with Gasteiger partial charge in [-0.3, -0.25) is 0 Å². The van der Waals surface area contributed by atoms with Crippen LogP contribution >= 0.6 is 11.3 Å². The summed E-state index contributed by atoms with van der Waals surface area (Å²) in [4.78, 5) is 4.52. The molecule has 0 bridgehead atoms. The first-order valence-corrected chi connectivity index (χ1v) is 4.34. The molecule has 0 radical (unpaired) electrons. The zero-order valence-electron chi connectivity index (χ0n) is 8.92. The van der Waals surface area contributed by atoms with Gasteiger partial charge in [0.05, 0.1) is 25.3 Å². The number of ether oxygens (including phenoxy) is 1. The average molecular weight is 173 g/mol. The number of aryl methyl sites for hydroxylation is 1. The second kappa shape index (κ2) is 3.83. The Morgan fingerprint density at radius 3 is 3.00 bits per heavy atom. The topological polar surface area (TPSA) is 22.1 Å². The van der Waals surface area contributed by atoms with Crippen molar-refractivity contribution in [2.75, 3.05) is 0 Å². The molecule has 0 unspecified atom stereocenters. The predicted octanol–water partition coefficient (Wildman–Crippen LogP) is 2.38. The zero-order valence-corrected chi connectivity index (χ0v) is 7.73. The van der Waals surface area contributed by atoms with Gasteiger partial charge in [-0.15, -0.1) is 11.3 Å². The van der Waals surface area contributed by atoms with Crippen molar-refractivity contribution in [3.05, 3.63) is 16.1 Å². The summed E-state index contributed by atoms with van der Waals surface area (Å²) in [6, 6.07) is 0. The quantitative estimate of drug-likeness (QED) is 0.700. The highest BCUT2D eigenvalue weighted by molar-refractivity contribution is 7.11. The Bertz CT molecular complexity index is 285. The molecule has 1 aromatic heterocycles. The van der Waals surface area contributed by atoms with E-state index in [0.717, 1.165) is 5.01 Å². The van der Waals surface area contributed by atoms with Crippen LogP contribution in [0.3, 0.4) is 0 Å². The fourth-order valence-corrected chi connectivity index (χ4v) is 1.20. The summed E-state index contributed by atoms with van der Waals surface area (Å²) in [5.74, 6) is 0. The van der Waals surface area contributed by atoms with Crippen LogP contribution in [0.15, 0.2) is 6.20 Å². The first kappa shape index (κ1) is 6.14. The third-order valence-corrected chi connectivity index (χ3v) is 1.83. The van der Waals surface area contributed by atoms with Crippen LogP contribution in [0.5, 0.6) is 0 Å². The minimum absolute atomic E-state index is 0.127. The van der Waals surface area contributed by atoms with Crippen LogP contribution in [-0.4, -0.2) is 11.1 Å². The smallest absolute Gasteiger partial charge is 0.0897 e. The molecule has 0 aliphatic heterocycles. The molecule has 2 nitrogen and oxygen atoms in total. The third-order valence-electron chi connectivity index (χ3n) is 1.02. The Balaban J connectivity index is 2.80. The summed E-state index contributed by atoms with van der Waals surface area (Å²) >= 11 is 1.33. The first-order chi connectivity index (χ1) is 5.92. The van der Waals surface area contributed by atoms with Gasteiger partial charge in [0.1, 0.15) is 0 Å². The lowest BCUT2D eigenvalue weighted by atomic mass is 10.5. The van der Waals surface area contributed by atoms with E-state index >= 15 is 0 Å². The Kier molecular flexibility index (Phi) is 2.14. The molecule has 62 valence electrons. The Morgan fingerprint density at radius 1 is 1.82 bits per heavy atom. The fourth-order valence-electron chi connectivity index (χ4n) is 0.584. The van der Waals surface area contributed by atoms with Crippen LogP contribution in [-0.2, 0) is 11.3 Å². The van der Waals surface area contributed by atoms with Crippen molar-refractivity contribution in [3.63, 3.8) is 0 Å². The van der Waals surface area contributed by atoms with E-state index < -0.39 is 6.56 Å². The van der Waals surface area contributed by atoms with Gasteiger partial charge < -0.3 is 4.74 Å². The van der Waals surface area contributed by atoms with Crippen LogP contribution in [0, 0.1) is 6.92 Å². The van der Waals surface area contributed by atoms with E-state index in [1.54, 1.807) is 0 Å². The van der Waals surface area contributed by atoms with Gasteiger partial charge in [-0.25, -0.2) is 4.98 Å². The van der Waals surface area contributed by atoms with E-state index in [2.05, 4.69) is 4.98 Å². The van der Waals surface area contributed by atoms with Crippen LogP contribution in [0.1, 0.15) is 26.5 Å². The minimum Gasteiger partial charge on any atom is -0.373 e. The maximum absolute atomic E-state index is 7.63. The van der Waals surface area contributed by atoms with E-state index in [-0.39, 0.29) is 6.10 Å². The molecule has 0 atom stereocenters. The van der Waals surface area contributed by atoms with Gasteiger partial charge in [0.2, 0.25) is 0 Å². The fraction of sp³-hybridized carbons (Fsp3) is 0.625. The van der Waals surface area contributed by atoms with Crippen molar-refractivity contribution in [1.29, 1.82) is 0 Å². The molecule has 3 heteroatoms. The third kappa shape index (κ3) is 2.99. The molecule has 0 aliphatic rings. The Labute approximate surface area is 74.0 Å². The molecule has 1 heterocycles. The van der Waals surface area contributed by atoms with E-state index in [1.165, 1.54) is 17.5 Å². The van der Waals surface area contributed by atoms with Gasteiger partial charge in [0, 0.05) is 6.20 Å². The van der Waals surface area contributed by atoms with Gasteiger partial charge in [0.15, 0.2) is 0 Å². The standard InChI is InChI=1S/C8H13NOS/c1-6(2)10-5-8-4-9-7(3)11-8/h4,6H,5H2,1-3H3/i5D2. The summed E-state index contributed by atoms with van der Waals surface area (Å²) in [5.41, 5.74) is 0. The molecular formula is C8H13NOS. The van der Waals surface area contributed by atoms with E-state index in [4.69, 9.17) is 7.48 Å². The molecule has 0 spiro atoms. The Morgan fingerprint density at radius 2 is 2.55 bits per heavy atom. The lowest BCUT2D eigenvalue weighted by Crippen LogP contribution is -2.00. The summed E-state index contributed by atoms with van der Waals surface area (Å²) in [6.45, 7) is 3.76. The van der Waals surface area contributed by atoms with Crippen LogP contribution in [0.25, 0.3) is 0 Å². The maximum atomic E-state index is 7.63. The number of rotatable bonds is 3. The monoisotopic (exact) mass is 173 g/mol. The van der Waals surface area contributed by atoms with Crippen LogP contribution < -0.4 is 0 Å². The van der Waals surface area contributed by atoms with Crippen LogP contribution in [0.4, 0.5) is 0 Å². The second-order valence-electron chi connectivity index (χ2n) is 2.51. The molecule has 11 heavy (non-hydrogen) atoms. The van der Waals surface area contributed by atoms with E-state index in [0.29, 0.717) is 4.88 Å². The predicted molar refractivity (Wildman–Crippen MR) is 46.8 cm³/mol. The highest BCUT2D eigenvalue weighted by Gasteiger charge is 1.98. The molecule has 1 aromatic rings. The van der Waals surface area contributed by atoms with Crippen molar-refractivity contribution in [2.45, 2.75) is 33.4 Å². The van der Waals surface area contributed by atoms with Crippen molar-refractivity contribution < 1.29 is 7.48 Å². The molecule has 0 saturated heterocycles. The zero-order chi connectivity index (χ0) is 10.1. The lowest BCUT2D eigenvalue weighted by molar-refractivity contribution is 0.0673. The lowest BCUT2D eigenvalue weighted by Gasteiger charge is -2.03. The van der Waals surface area contributed by atoms with Crippen LogP contribution in [0.2, 0.25) is 0 Å². The first-order valence-electron chi connectivity index (χ1n) is 4.52. The Hall–Kier alpha value is -0.410. The van der Waals surface area contributed by atoms with Crippen molar-refractivity contribution >= 4 is 11.3 Å². The number of hydrogen-bond donors (Lipinski definition) is 0. The highest BCUT2D eigenvalue weighted by atomic mass is 32.1. The highest BCUT2D eigenvalue weighted by Crippen LogP contribution is 2.12. The average Bonchev–Trinajstić information content (AvgIpc) is 2.32. The summed E-state index contributed by atoms with van der Waals surface area (Å²) < 4.78 is 20.4. The molecule has 0 amide bonds. The van der Waals surface area contributed by atoms with Gasteiger partial charge in [-0.1, -0.05) is 0 Å². The molecule has 0 N–H and O–H groups in total. The number of thiazole rings is 1. The van der Waals surface area contributed by atoms with Gasteiger partial charge in [-0.2, -0.15) is 0 Å². The normalized spacial score (nSPS) is 14.9. The molecule has 1 rings (SSSR count). The minimum atomic E-state index is -1.71. The molecule has 0 aliphatic carbocycles. The molecule has 0 aromatic carbocycles. The van der Waals surface area contributed by atoms with Crippen molar-refractivity contribution in [1.82, 2.24) is 4.98 Å². The summed E-state index contributed by atoms with van der Waals surface area (Å²) in [7, 11) is 0. The van der Waals surface area contributed by atoms with Gasteiger partial charge in [0.25, 0.3) is 0 Å². The largest absolute Gasteiger partial charge is 0.373 e. The van der Waals surface area contributed by atoms with Gasteiger partial charge >= 0.3 is 0 Å². The second-order valence-corrected chi connectivity index (χ2v) is 3.75.